The average molecular weight is 288 g/mol. The fourth-order valence-corrected chi connectivity index (χ4v) is 2.15. The number of aromatic amines is 1. The van der Waals surface area contributed by atoms with E-state index >= 15 is 0 Å². The van der Waals surface area contributed by atoms with Gasteiger partial charge in [-0.3, -0.25) is 9.89 Å². The lowest BCUT2D eigenvalue weighted by atomic mass is 10.1. The van der Waals surface area contributed by atoms with Crippen molar-refractivity contribution in [3.05, 3.63) is 47.5 Å². The number of nitrogens with zero attached hydrogens (tertiary/aromatic N) is 2. The van der Waals surface area contributed by atoms with Crippen molar-refractivity contribution in [2.24, 2.45) is 0 Å². The Labute approximate surface area is 119 Å². The predicted molar refractivity (Wildman–Crippen MR) is 73.3 cm³/mol. The van der Waals surface area contributed by atoms with E-state index in [0.717, 1.165) is 0 Å². The van der Waals surface area contributed by atoms with Gasteiger partial charge in [-0.2, -0.15) is 5.10 Å². The van der Waals surface area contributed by atoms with Gasteiger partial charge in [0.2, 0.25) is 0 Å². The quantitative estimate of drug-likeness (QED) is 0.768. The number of nitrogens with one attached hydrogen (secondary N) is 2. The van der Waals surface area contributed by atoms with Crippen LogP contribution in [0.25, 0.3) is 11.0 Å². The van der Waals surface area contributed by atoms with E-state index in [1.54, 1.807) is 19.1 Å². The molecule has 0 aliphatic heterocycles. The highest BCUT2D eigenvalue weighted by atomic mass is 19.1. The topological polar surface area (TPSA) is 83.8 Å². The summed E-state index contributed by atoms with van der Waals surface area (Å²) < 4.78 is 19.0. The molecule has 0 bridgehead atoms. The second kappa shape index (κ2) is 5.35. The van der Waals surface area contributed by atoms with Gasteiger partial charge in [-0.1, -0.05) is 12.1 Å². The van der Waals surface area contributed by atoms with Crippen LogP contribution in [-0.2, 0) is 6.42 Å². The van der Waals surface area contributed by atoms with E-state index in [1.165, 1.54) is 12.4 Å². The van der Waals surface area contributed by atoms with Gasteiger partial charge in [0.25, 0.3) is 5.91 Å². The standard InChI is InChI=1S/C14H13FN4O2/c1-8-9-3-2-4-10(15)13(9)21-12(8)14(20)16-6-5-11-17-7-18-19-11/h2-4,7H,5-6H2,1H3,(H,16,20)(H,17,18,19). The number of hydrogen-bond donors (Lipinski definition) is 2. The lowest BCUT2D eigenvalue weighted by Crippen LogP contribution is -2.26. The molecule has 0 unspecified atom stereocenters. The Hall–Kier alpha value is -2.70. The number of H-pyrrole nitrogens is 1. The molecule has 1 amide bonds. The van der Waals surface area contributed by atoms with Crippen molar-refractivity contribution in [3.8, 4) is 0 Å². The summed E-state index contributed by atoms with van der Waals surface area (Å²) in [6.07, 6.45) is 1.93. The Morgan fingerprint density at radius 2 is 2.33 bits per heavy atom. The van der Waals surface area contributed by atoms with E-state index in [2.05, 4.69) is 20.5 Å². The van der Waals surface area contributed by atoms with Crippen LogP contribution in [0.15, 0.2) is 28.9 Å². The first-order valence-corrected chi connectivity index (χ1v) is 6.47. The van der Waals surface area contributed by atoms with Gasteiger partial charge in [0.15, 0.2) is 17.2 Å². The number of fused-ring (bicyclic) bond motifs is 1. The first kappa shape index (κ1) is 13.3. The van der Waals surface area contributed by atoms with Crippen molar-refractivity contribution in [2.75, 3.05) is 6.54 Å². The number of carbonyl (C=O) groups excluding carboxylic acids is 1. The Morgan fingerprint density at radius 3 is 3.05 bits per heavy atom. The molecule has 0 saturated carbocycles. The molecule has 1 aromatic carbocycles. The maximum Gasteiger partial charge on any atom is 0.287 e. The summed E-state index contributed by atoms with van der Waals surface area (Å²) in [4.78, 5) is 16.1. The van der Waals surface area contributed by atoms with Gasteiger partial charge in [-0.05, 0) is 13.0 Å². The fraction of sp³-hybridized carbons (Fsp3) is 0.214. The van der Waals surface area contributed by atoms with E-state index in [9.17, 15) is 9.18 Å². The first-order chi connectivity index (χ1) is 10.2. The van der Waals surface area contributed by atoms with E-state index in [-0.39, 0.29) is 17.3 Å². The zero-order valence-electron chi connectivity index (χ0n) is 11.3. The fourth-order valence-electron chi connectivity index (χ4n) is 2.15. The van der Waals surface area contributed by atoms with Gasteiger partial charge in [-0.15, -0.1) is 0 Å². The summed E-state index contributed by atoms with van der Waals surface area (Å²) in [5.74, 6) is -0.0331. The molecule has 0 saturated heterocycles. The third-order valence-corrected chi connectivity index (χ3v) is 3.23. The van der Waals surface area contributed by atoms with Crippen LogP contribution in [0.3, 0.4) is 0 Å². The van der Waals surface area contributed by atoms with Crippen molar-refractivity contribution in [3.63, 3.8) is 0 Å². The number of amides is 1. The van der Waals surface area contributed by atoms with E-state index in [1.807, 2.05) is 0 Å². The number of aromatic nitrogens is 3. The Kier molecular flexibility index (Phi) is 3.39. The van der Waals surface area contributed by atoms with Crippen LogP contribution >= 0.6 is 0 Å². The highest BCUT2D eigenvalue weighted by Crippen LogP contribution is 2.27. The molecule has 3 rings (SSSR count). The van der Waals surface area contributed by atoms with Crippen molar-refractivity contribution in [2.45, 2.75) is 13.3 Å². The van der Waals surface area contributed by atoms with E-state index in [4.69, 9.17) is 4.42 Å². The SMILES string of the molecule is Cc1c(C(=O)NCCc2ncn[nH]2)oc2c(F)cccc12. The minimum absolute atomic E-state index is 0.107. The molecular weight excluding hydrogens is 275 g/mol. The Balaban J connectivity index is 1.75. The Bertz CT molecular complexity index is 780. The maximum absolute atomic E-state index is 13.6. The summed E-state index contributed by atoms with van der Waals surface area (Å²) in [5.41, 5.74) is 0.733. The lowest BCUT2D eigenvalue weighted by Gasteiger charge is -2.01. The summed E-state index contributed by atoms with van der Waals surface area (Å²) >= 11 is 0. The van der Waals surface area contributed by atoms with Gasteiger partial charge in [-0.25, -0.2) is 9.37 Å². The molecule has 0 radical (unpaired) electrons. The monoisotopic (exact) mass is 288 g/mol. The van der Waals surface area contributed by atoms with Crippen LogP contribution in [0.2, 0.25) is 0 Å². The van der Waals surface area contributed by atoms with Crippen molar-refractivity contribution in [1.82, 2.24) is 20.5 Å². The van der Waals surface area contributed by atoms with E-state index < -0.39 is 5.82 Å². The highest BCUT2D eigenvalue weighted by molar-refractivity contribution is 5.98. The smallest absolute Gasteiger partial charge is 0.287 e. The third kappa shape index (κ3) is 2.49. The highest BCUT2D eigenvalue weighted by Gasteiger charge is 2.19. The molecule has 3 aromatic rings. The molecule has 21 heavy (non-hydrogen) atoms. The third-order valence-electron chi connectivity index (χ3n) is 3.23. The van der Waals surface area contributed by atoms with E-state index in [0.29, 0.717) is 29.7 Å². The number of halogens is 1. The molecule has 0 atom stereocenters. The summed E-state index contributed by atoms with van der Waals surface area (Å²) in [7, 11) is 0. The number of furan rings is 1. The van der Waals surface area contributed by atoms with Gasteiger partial charge in [0, 0.05) is 23.9 Å². The molecule has 108 valence electrons. The number of para-hydroxylation sites is 1. The molecular formula is C14H13FN4O2. The van der Waals surface area contributed by atoms with Crippen LogP contribution in [0.4, 0.5) is 4.39 Å². The van der Waals surface area contributed by atoms with Gasteiger partial charge in [0.05, 0.1) is 0 Å². The molecule has 0 aliphatic carbocycles. The normalized spacial score (nSPS) is 11.0. The molecule has 0 fully saturated rings. The van der Waals surface area contributed by atoms with Crippen molar-refractivity contribution in [1.29, 1.82) is 0 Å². The molecule has 2 N–H and O–H groups in total. The number of benzene rings is 1. The predicted octanol–water partition coefficient (Wildman–Crippen LogP) is 1.97. The largest absolute Gasteiger partial charge is 0.448 e. The Morgan fingerprint density at radius 1 is 1.48 bits per heavy atom. The molecule has 6 nitrogen and oxygen atoms in total. The summed E-state index contributed by atoms with van der Waals surface area (Å²) in [6, 6.07) is 4.62. The van der Waals surface area contributed by atoms with Crippen LogP contribution < -0.4 is 5.32 Å². The first-order valence-electron chi connectivity index (χ1n) is 6.47. The number of carbonyl (C=O) groups is 1. The lowest BCUT2D eigenvalue weighted by molar-refractivity contribution is 0.0927. The van der Waals surface area contributed by atoms with Gasteiger partial charge < -0.3 is 9.73 Å². The number of hydrogen-bond acceptors (Lipinski definition) is 4. The summed E-state index contributed by atoms with van der Waals surface area (Å²) in [6.45, 7) is 2.11. The molecule has 0 aliphatic rings. The van der Waals surface area contributed by atoms with Crippen LogP contribution in [0, 0.1) is 12.7 Å². The second-order valence-electron chi connectivity index (χ2n) is 4.61. The van der Waals surface area contributed by atoms with Crippen LogP contribution in [0.1, 0.15) is 21.9 Å². The van der Waals surface area contributed by atoms with Gasteiger partial charge >= 0.3 is 0 Å². The average Bonchev–Trinajstić information content (AvgIpc) is 3.08. The minimum Gasteiger partial charge on any atom is -0.448 e. The zero-order valence-corrected chi connectivity index (χ0v) is 11.3. The number of aryl methyl sites for hydroxylation is 1. The van der Waals surface area contributed by atoms with Crippen LogP contribution in [-0.4, -0.2) is 27.6 Å². The molecule has 7 heteroatoms. The minimum atomic E-state index is -0.476. The summed E-state index contributed by atoms with van der Waals surface area (Å²) in [5, 5.41) is 9.75. The van der Waals surface area contributed by atoms with Crippen molar-refractivity contribution < 1.29 is 13.6 Å². The maximum atomic E-state index is 13.6. The van der Waals surface area contributed by atoms with Crippen LogP contribution in [0.5, 0.6) is 0 Å². The molecule has 2 aromatic heterocycles. The molecule has 0 spiro atoms. The second-order valence-corrected chi connectivity index (χ2v) is 4.61. The number of rotatable bonds is 4. The van der Waals surface area contributed by atoms with Gasteiger partial charge in [0.1, 0.15) is 12.2 Å². The van der Waals surface area contributed by atoms with Crippen molar-refractivity contribution >= 4 is 16.9 Å². The molecule has 2 heterocycles. The zero-order chi connectivity index (χ0) is 14.8.